The lowest BCUT2D eigenvalue weighted by molar-refractivity contribution is 0.0559. The van der Waals surface area contributed by atoms with Crippen molar-refractivity contribution in [2.75, 3.05) is 0 Å². The molecule has 0 radical (unpaired) electrons. The van der Waals surface area contributed by atoms with Crippen LogP contribution in [0.5, 0.6) is 0 Å². The van der Waals surface area contributed by atoms with Crippen LogP contribution in [0.1, 0.15) is 38.5 Å². The molecule has 1 heteroatoms. The van der Waals surface area contributed by atoms with Crippen LogP contribution < -0.4 is 0 Å². The van der Waals surface area contributed by atoms with Crippen LogP contribution in [0, 0.1) is 5.92 Å². The van der Waals surface area contributed by atoms with Gasteiger partial charge in [0, 0.05) is 0 Å². The molecule has 0 bridgehead atoms. The van der Waals surface area contributed by atoms with Crippen molar-refractivity contribution < 1.29 is 5.11 Å². The molecule has 0 heterocycles. The average Bonchev–Trinajstić information content (AvgIpc) is 2.92. The van der Waals surface area contributed by atoms with E-state index in [1.807, 2.05) is 12.2 Å². The fourth-order valence-electron chi connectivity index (χ4n) is 2.07. The second-order valence-electron chi connectivity index (χ2n) is 4.30. The minimum Gasteiger partial charge on any atom is -0.385 e. The summed E-state index contributed by atoms with van der Waals surface area (Å²) in [7, 11) is 0. The summed E-state index contributed by atoms with van der Waals surface area (Å²) in [5.41, 5.74) is -0.477. The van der Waals surface area contributed by atoms with Gasteiger partial charge in [0.2, 0.25) is 0 Å². The smallest absolute Gasteiger partial charge is 0.0858 e. The highest BCUT2D eigenvalue weighted by Gasteiger charge is 2.41. The van der Waals surface area contributed by atoms with Gasteiger partial charge in [-0.25, -0.2) is 0 Å². The van der Waals surface area contributed by atoms with Crippen LogP contribution in [-0.4, -0.2) is 10.7 Å². The Morgan fingerprint density at radius 1 is 1.15 bits per heavy atom. The molecule has 0 aromatic carbocycles. The summed E-state index contributed by atoms with van der Waals surface area (Å²) < 4.78 is 0. The van der Waals surface area contributed by atoms with Crippen LogP contribution in [0.25, 0.3) is 0 Å². The maximum absolute atomic E-state index is 10.3. The molecule has 0 amide bonds. The SMILES string of the molecule is O[C@]1(C2CC2)/C=C\C=C/CCCC1. The van der Waals surface area contributed by atoms with Crippen LogP contribution in [0.2, 0.25) is 0 Å². The van der Waals surface area contributed by atoms with Crippen molar-refractivity contribution >= 4 is 0 Å². The molecule has 72 valence electrons. The van der Waals surface area contributed by atoms with E-state index in [2.05, 4.69) is 12.2 Å². The van der Waals surface area contributed by atoms with E-state index < -0.39 is 5.60 Å². The maximum atomic E-state index is 10.3. The molecule has 0 unspecified atom stereocenters. The fraction of sp³-hybridized carbons (Fsp3) is 0.667. The molecule has 0 spiro atoms. The molecule has 2 aliphatic carbocycles. The summed E-state index contributed by atoms with van der Waals surface area (Å²) in [4.78, 5) is 0. The van der Waals surface area contributed by atoms with Gasteiger partial charge in [-0.3, -0.25) is 0 Å². The third-order valence-corrected chi connectivity index (χ3v) is 3.11. The first-order chi connectivity index (χ1) is 6.31. The monoisotopic (exact) mass is 178 g/mol. The van der Waals surface area contributed by atoms with E-state index in [9.17, 15) is 5.11 Å². The lowest BCUT2D eigenvalue weighted by Crippen LogP contribution is -2.28. The molecular formula is C12H18O. The van der Waals surface area contributed by atoms with E-state index in [1.54, 1.807) is 0 Å². The van der Waals surface area contributed by atoms with Gasteiger partial charge in [-0.2, -0.15) is 0 Å². The molecule has 0 aliphatic heterocycles. The molecule has 2 rings (SSSR count). The molecule has 1 saturated carbocycles. The molecule has 0 aromatic rings. The van der Waals surface area contributed by atoms with E-state index in [1.165, 1.54) is 19.3 Å². The van der Waals surface area contributed by atoms with E-state index in [4.69, 9.17) is 0 Å². The predicted octanol–water partition coefficient (Wildman–Crippen LogP) is 2.81. The summed E-state index contributed by atoms with van der Waals surface area (Å²) in [6.45, 7) is 0. The largest absolute Gasteiger partial charge is 0.385 e. The molecule has 1 atom stereocenters. The third-order valence-electron chi connectivity index (χ3n) is 3.11. The normalized spacial score (nSPS) is 40.1. The van der Waals surface area contributed by atoms with Gasteiger partial charge in [0.15, 0.2) is 0 Å². The minimum atomic E-state index is -0.477. The molecule has 2 aliphatic rings. The zero-order valence-electron chi connectivity index (χ0n) is 8.08. The van der Waals surface area contributed by atoms with Gasteiger partial charge in [-0.15, -0.1) is 0 Å². The first-order valence-corrected chi connectivity index (χ1v) is 5.38. The van der Waals surface area contributed by atoms with E-state index in [0.717, 1.165) is 19.3 Å². The third kappa shape index (κ3) is 2.22. The number of hydrogen-bond donors (Lipinski definition) is 1. The van der Waals surface area contributed by atoms with Gasteiger partial charge >= 0.3 is 0 Å². The van der Waals surface area contributed by atoms with E-state index in [-0.39, 0.29) is 0 Å². The second-order valence-corrected chi connectivity index (χ2v) is 4.30. The van der Waals surface area contributed by atoms with Crippen molar-refractivity contribution in [1.82, 2.24) is 0 Å². The minimum absolute atomic E-state index is 0.477. The summed E-state index contributed by atoms with van der Waals surface area (Å²) in [5, 5.41) is 10.3. The van der Waals surface area contributed by atoms with Crippen molar-refractivity contribution in [3.63, 3.8) is 0 Å². The van der Waals surface area contributed by atoms with Crippen LogP contribution in [-0.2, 0) is 0 Å². The van der Waals surface area contributed by atoms with Gasteiger partial charge in [0.25, 0.3) is 0 Å². The molecule has 1 N–H and O–H groups in total. The standard InChI is InChI=1S/C12H18O/c13-12(11-7-8-11)9-5-3-1-2-4-6-10-12/h1,3,5,9,11,13H,2,4,6-8,10H2/b3-1-,9-5-/t12-/m1/s1. The Morgan fingerprint density at radius 2 is 2.00 bits per heavy atom. The van der Waals surface area contributed by atoms with Crippen LogP contribution in [0.3, 0.4) is 0 Å². The molecule has 13 heavy (non-hydrogen) atoms. The summed E-state index contributed by atoms with van der Waals surface area (Å²) in [6.07, 6.45) is 15.2. The summed E-state index contributed by atoms with van der Waals surface area (Å²) in [5.74, 6) is 0.551. The molecular weight excluding hydrogens is 160 g/mol. The highest BCUT2D eigenvalue weighted by atomic mass is 16.3. The number of aliphatic hydroxyl groups is 1. The Bertz CT molecular complexity index is 225. The van der Waals surface area contributed by atoms with Crippen molar-refractivity contribution in [2.24, 2.45) is 5.92 Å². The van der Waals surface area contributed by atoms with Gasteiger partial charge in [-0.1, -0.05) is 24.3 Å². The Kier molecular flexibility index (Phi) is 2.54. The van der Waals surface area contributed by atoms with Crippen molar-refractivity contribution in [3.8, 4) is 0 Å². The Morgan fingerprint density at radius 3 is 2.77 bits per heavy atom. The number of rotatable bonds is 1. The molecule has 0 aromatic heterocycles. The number of hydrogen-bond acceptors (Lipinski definition) is 1. The van der Waals surface area contributed by atoms with E-state index in [0.29, 0.717) is 5.92 Å². The van der Waals surface area contributed by atoms with Crippen LogP contribution >= 0.6 is 0 Å². The Labute approximate surface area is 80.2 Å². The lowest BCUT2D eigenvalue weighted by Gasteiger charge is -2.23. The number of allylic oxidation sites excluding steroid dienone is 3. The summed E-state index contributed by atoms with van der Waals surface area (Å²) in [6, 6.07) is 0. The summed E-state index contributed by atoms with van der Waals surface area (Å²) >= 11 is 0. The van der Waals surface area contributed by atoms with Crippen LogP contribution in [0.4, 0.5) is 0 Å². The zero-order valence-corrected chi connectivity index (χ0v) is 8.08. The Balaban J connectivity index is 2.06. The maximum Gasteiger partial charge on any atom is 0.0858 e. The first kappa shape index (κ1) is 9.01. The van der Waals surface area contributed by atoms with E-state index >= 15 is 0 Å². The van der Waals surface area contributed by atoms with Gasteiger partial charge in [0.05, 0.1) is 5.60 Å². The van der Waals surface area contributed by atoms with Crippen molar-refractivity contribution in [3.05, 3.63) is 24.3 Å². The molecule has 1 nitrogen and oxygen atoms in total. The molecule has 1 fully saturated rings. The quantitative estimate of drug-likeness (QED) is 0.654. The van der Waals surface area contributed by atoms with Gasteiger partial charge in [0.1, 0.15) is 0 Å². The predicted molar refractivity (Wildman–Crippen MR) is 54.4 cm³/mol. The lowest BCUT2D eigenvalue weighted by atomic mass is 9.91. The molecule has 0 saturated heterocycles. The van der Waals surface area contributed by atoms with Gasteiger partial charge in [-0.05, 0) is 44.4 Å². The fourth-order valence-corrected chi connectivity index (χ4v) is 2.07. The highest BCUT2D eigenvalue weighted by Crippen LogP contribution is 2.43. The van der Waals surface area contributed by atoms with Gasteiger partial charge < -0.3 is 5.11 Å². The average molecular weight is 178 g/mol. The first-order valence-electron chi connectivity index (χ1n) is 5.38. The zero-order chi connectivity index (χ0) is 9.15. The van der Waals surface area contributed by atoms with Crippen LogP contribution in [0.15, 0.2) is 24.3 Å². The highest BCUT2D eigenvalue weighted by molar-refractivity contribution is 5.15. The second kappa shape index (κ2) is 3.67. The topological polar surface area (TPSA) is 20.2 Å². The Hall–Kier alpha value is -0.560. The van der Waals surface area contributed by atoms with Crippen molar-refractivity contribution in [1.29, 1.82) is 0 Å². The van der Waals surface area contributed by atoms with Crippen molar-refractivity contribution in [2.45, 2.75) is 44.1 Å².